The minimum absolute atomic E-state index is 0.0300. The van der Waals surface area contributed by atoms with Gasteiger partial charge in [-0.3, -0.25) is 14.5 Å². The predicted molar refractivity (Wildman–Crippen MR) is 131 cm³/mol. The lowest BCUT2D eigenvalue weighted by molar-refractivity contribution is -0.132. The van der Waals surface area contributed by atoms with Crippen LogP contribution in [0.2, 0.25) is 0 Å². The topological polar surface area (TPSA) is 92.5 Å². The molecule has 8 heteroatoms. The van der Waals surface area contributed by atoms with Gasteiger partial charge in [0.25, 0.3) is 11.7 Å². The molecule has 1 N–H and O–H groups in total. The van der Waals surface area contributed by atoms with Crippen molar-refractivity contribution in [2.45, 2.75) is 19.9 Å². The average molecular weight is 475 g/mol. The average Bonchev–Trinajstić information content (AvgIpc) is 3.40. The Labute approximate surface area is 203 Å². The third-order valence-electron chi connectivity index (χ3n) is 6.23. The molecule has 180 valence electrons. The Morgan fingerprint density at radius 3 is 2.57 bits per heavy atom. The summed E-state index contributed by atoms with van der Waals surface area (Å²) < 4.78 is 17.1. The highest BCUT2D eigenvalue weighted by molar-refractivity contribution is 6.51. The SMILES string of the molecule is CCOc1ccc(N2C(=O)C(=O)/C(=C(\O)c3ccc4c(c3)N(C)CCO4)C2c2ccc(C)o2)cc1. The van der Waals surface area contributed by atoms with Crippen LogP contribution in [0, 0.1) is 6.92 Å². The molecule has 2 aliphatic heterocycles. The van der Waals surface area contributed by atoms with E-state index in [1.54, 1.807) is 61.5 Å². The number of anilines is 2. The monoisotopic (exact) mass is 474 g/mol. The smallest absolute Gasteiger partial charge is 0.300 e. The molecule has 1 unspecified atom stereocenters. The van der Waals surface area contributed by atoms with Gasteiger partial charge in [-0.05, 0) is 68.4 Å². The number of ketones is 1. The van der Waals surface area contributed by atoms with Gasteiger partial charge in [0.1, 0.15) is 41.4 Å². The number of aryl methyl sites for hydroxylation is 1. The third kappa shape index (κ3) is 3.90. The lowest BCUT2D eigenvalue weighted by atomic mass is 9.98. The number of ether oxygens (including phenoxy) is 2. The van der Waals surface area contributed by atoms with Crippen molar-refractivity contribution in [2.75, 3.05) is 36.6 Å². The number of carbonyl (C=O) groups is 2. The zero-order valence-corrected chi connectivity index (χ0v) is 19.8. The fourth-order valence-corrected chi connectivity index (χ4v) is 4.49. The molecule has 1 amide bonds. The maximum atomic E-state index is 13.3. The van der Waals surface area contributed by atoms with E-state index in [4.69, 9.17) is 13.9 Å². The molecule has 5 rings (SSSR count). The molecule has 8 nitrogen and oxygen atoms in total. The predicted octanol–water partition coefficient (Wildman–Crippen LogP) is 4.44. The van der Waals surface area contributed by atoms with Crippen molar-refractivity contribution in [2.24, 2.45) is 0 Å². The van der Waals surface area contributed by atoms with Gasteiger partial charge in [0, 0.05) is 18.3 Å². The number of aliphatic hydroxyl groups excluding tert-OH is 1. The Morgan fingerprint density at radius 2 is 1.89 bits per heavy atom. The number of fused-ring (bicyclic) bond motifs is 1. The summed E-state index contributed by atoms with van der Waals surface area (Å²) in [5.74, 6) is 0.575. The molecule has 2 aliphatic rings. The maximum absolute atomic E-state index is 13.3. The number of benzene rings is 2. The van der Waals surface area contributed by atoms with Crippen LogP contribution in [-0.2, 0) is 9.59 Å². The molecule has 1 aromatic heterocycles. The zero-order chi connectivity index (χ0) is 24.7. The van der Waals surface area contributed by atoms with Crippen LogP contribution >= 0.6 is 0 Å². The molecule has 3 heterocycles. The van der Waals surface area contributed by atoms with Gasteiger partial charge < -0.3 is 23.9 Å². The van der Waals surface area contributed by atoms with Crippen LogP contribution in [0.15, 0.2) is 64.6 Å². The van der Waals surface area contributed by atoms with Crippen molar-refractivity contribution >= 4 is 28.8 Å². The number of rotatable bonds is 5. The fourth-order valence-electron chi connectivity index (χ4n) is 4.49. The van der Waals surface area contributed by atoms with Crippen LogP contribution in [0.5, 0.6) is 11.5 Å². The Balaban J connectivity index is 1.64. The van der Waals surface area contributed by atoms with Crippen LogP contribution in [0.1, 0.15) is 30.0 Å². The summed E-state index contributed by atoms with van der Waals surface area (Å²) in [5.41, 5.74) is 1.68. The van der Waals surface area contributed by atoms with Crippen molar-refractivity contribution in [3.05, 3.63) is 77.3 Å². The minimum atomic E-state index is -0.924. The summed E-state index contributed by atoms with van der Waals surface area (Å²) in [7, 11) is 1.93. The number of carbonyl (C=O) groups excluding carboxylic acids is 2. The van der Waals surface area contributed by atoms with E-state index in [2.05, 4.69) is 0 Å². The molecule has 1 saturated heterocycles. The van der Waals surface area contributed by atoms with E-state index < -0.39 is 17.7 Å². The molecule has 1 fully saturated rings. The summed E-state index contributed by atoms with van der Waals surface area (Å²) in [6.07, 6.45) is 0. The van der Waals surface area contributed by atoms with Crippen LogP contribution < -0.4 is 19.3 Å². The Morgan fingerprint density at radius 1 is 1.11 bits per heavy atom. The molecule has 2 aromatic carbocycles. The standard InChI is InChI=1S/C27H26N2O6/c1-4-33-19-9-7-18(8-10-19)29-24(22-11-5-16(2)35-22)23(26(31)27(29)32)25(30)17-6-12-21-20(15-17)28(3)13-14-34-21/h5-12,15,24,30H,4,13-14H2,1-3H3/b25-23-. The zero-order valence-electron chi connectivity index (χ0n) is 19.8. The number of likely N-dealkylation sites (N-methyl/N-ethyl adjacent to an activating group) is 1. The molecular formula is C27H26N2O6. The first kappa shape index (κ1) is 22.6. The van der Waals surface area contributed by atoms with Crippen molar-refractivity contribution in [3.63, 3.8) is 0 Å². The number of hydrogen-bond acceptors (Lipinski definition) is 7. The van der Waals surface area contributed by atoms with E-state index >= 15 is 0 Å². The number of furan rings is 1. The molecule has 0 bridgehead atoms. The highest BCUT2D eigenvalue weighted by atomic mass is 16.5. The van der Waals surface area contributed by atoms with Gasteiger partial charge in [0.2, 0.25) is 0 Å². The van der Waals surface area contributed by atoms with E-state index in [0.29, 0.717) is 54.0 Å². The minimum Gasteiger partial charge on any atom is -0.507 e. The number of amides is 1. The van der Waals surface area contributed by atoms with Gasteiger partial charge in [-0.1, -0.05) is 0 Å². The first-order valence-electron chi connectivity index (χ1n) is 11.5. The number of Topliss-reactive ketones (excluding diaryl/α,β-unsaturated/α-hetero) is 1. The van der Waals surface area contributed by atoms with E-state index in [1.165, 1.54) is 4.90 Å². The first-order chi connectivity index (χ1) is 16.9. The quantitative estimate of drug-likeness (QED) is 0.332. The molecule has 0 saturated carbocycles. The van der Waals surface area contributed by atoms with Crippen LogP contribution in [0.3, 0.4) is 0 Å². The van der Waals surface area contributed by atoms with Gasteiger partial charge in [-0.2, -0.15) is 0 Å². The van der Waals surface area contributed by atoms with Gasteiger partial charge in [0.05, 0.1) is 24.4 Å². The second-order valence-electron chi connectivity index (χ2n) is 8.50. The van der Waals surface area contributed by atoms with Crippen molar-refractivity contribution in [3.8, 4) is 11.5 Å². The van der Waals surface area contributed by atoms with E-state index in [0.717, 1.165) is 5.69 Å². The second-order valence-corrected chi connectivity index (χ2v) is 8.50. The Bertz CT molecular complexity index is 1320. The van der Waals surface area contributed by atoms with Gasteiger partial charge in [0.15, 0.2) is 0 Å². The summed E-state index contributed by atoms with van der Waals surface area (Å²) in [6.45, 7) is 5.45. The van der Waals surface area contributed by atoms with E-state index in [9.17, 15) is 14.7 Å². The molecule has 0 radical (unpaired) electrons. The van der Waals surface area contributed by atoms with Crippen LogP contribution in [0.4, 0.5) is 11.4 Å². The lowest BCUT2D eigenvalue weighted by Gasteiger charge is -2.28. The Kier molecular flexibility index (Phi) is 5.72. The van der Waals surface area contributed by atoms with Crippen LogP contribution in [-0.4, -0.2) is 43.6 Å². The number of hydrogen-bond donors (Lipinski definition) is 1. The van der Waals surface area contributed by atoms with Gasteiger partial charge >= 0.3 is 0 Å². The van der Waals surface area contributed by atoms with Gasteiger partial charge in [-0.25, -0.2) is 0 Å². The normalized spacial score (nSPS) is 19.0. The second kappa shape index (κ2) is 8.87. The summed E-state index contributed by atoms with van der Waals surface area (Å²) >= 11 is 0. The number of nitrogens with zero attached hydrogens (tertiary/aromatic N) is 2. The molecule has 0 spiro atoms. The van der Waals surface area contributed by atoms with Gasteiger partial charge in [-0.15, -0.1) is 0 Å². The van der Waals surface area contributed by atoms with Crippen LogP contribution in [0.25, 0.3) is 5.76 Å². The van der Waals surface area contributed by atoms with E-state index in [1.807, 2.05) is 18.9 Å². The summed E-state index contributed by atoms with van der Waals surface area (Å²) in [6, 6.07) is 14.7. The van der Waals surface area contributed by atoms with Crippen molar-refractivity contribution < 1.29 is 28.6 Å². The third-order valence-corrected chi connectivity index (χ3v) is 6.23. The summed E-state index contributed by atoms with van der Waals surface area (Å²) in [5, 5.41) is 11.4. The molecule has 35 heavy (non-hydrogen) atoms. The first-order valence-corrected chi connectivity index (χ1v) is 11.5. The molecule has 3 aromatic rings. The molecule has 1 atom stereocenters. The van der Waals surface area contributed by atoms with Crippen molar-refractivity contribution in [1.82, 2.24) is 0 Å². The van der Waals surface area contributed by atoms with E-state index in [-0.39, 0.29) is 11.3 Å². The van der Waals surface area contributed by atoms with Crippen molar-refractivity contribution in [1.29, 1.82) is 0 Å². The number of aliphatic hydroxyl groups is 1. The molecular weight excluding hydrogens is 448 g/mol. The lowest BCUT2D eigenvalue weighted by Crippen LogP contribution is -2.29. The molecule has 0 aliphatic carbocycles. The highest BCUT2D eigenvalue weighted by Gasteiger charge is 2.48. The Hall–Kier alpha value is -4.20. The largest absolute Gasteiger partial charge is 0.507 e. The maximum Gasteiger partial charge on any atom is 0.300 e. The highest BCUT2D eigenvalue weighted by Crippen LogP contribution is 2.44. The fraction of sp³-hybridized carbons (Fsp3) is 0.259. The summed E-state index contributed by atoms with van der Waals surface area (Å²) in [4.78, 5) is 29.9.